The number of hydrogen-bond acceptors (Lipinski definition) is 3. The summed E-state index contributed by atoms with van der Waals surface area (Å²) in [6, 6.07) is 16.5. The molecule has 1 aromatic heterocycles. The third-order valence-corrected chi connectivity index (χ3v) is 3.31. The van der Waals surface area contributed by atoms with E-state index in [9.17, 15) is 4.79 Å². The molecule has 1 N–H and O–H groups in total. The Morgan fingerprint density at radius 2 is 1.82 bits per heavy atom. The van der Waals surface area contributed by atoms with Gasteiger partial charge in [0.25, 0.3) is 5.91 Å². The summed E-state index contributed by atoms with van der Waals surface area (Å²) in [5.41, 5.74) is 1.62. The third kappa shape index (κ3) is 3.51. The molecular weight excluding hydrogens is 300 g/mol. The molecule has 3 aromatic rings. The molecule has 0 saturated carbocycles. The Bertz CT molecular complexity index is 768. The molecule has 2 aromatic carbocycles. The number of nitrogens with zero attached hydrogens (tertiary/aromatic N) is 3. The van der Waals surface area contributed by atoms with Crippen LogP contribution in [0.2, 0.25) is 5.02 Å². The number of carbonyl (C=O) groups excluding carboxylic acids is 1. The number of hydrogen-bond donors (Lipinski definition) is 1. The van der Waals surface area contributed by atoms with Gasteiger partial charge in [-0.15, -0.1) is 5.10 Å². The molecule has 110 valence electrons. The maximum Gasteiger partial charge on any atom is 0.258 e. The highest BCUT2D eigenvalue weighted by molar-refractivity contribution is 6.30. The van der Waals surface area contributed by atoms with Gasteiger partial charge in [0.2, 0.25) is 5.95 Å². The molecule has 0 saturated heterocycles. The molecule has 5 nitrogen and oxygen atoms in total. The fourth-order valence-corrected chi connectivity index (χ4v) is 2.10. The topological polar surface area (TPSA) is 59.8 Å². The summed E-state index contributed by atoms with van der Waals surface area (Å²) in [6.45, 7) is 0.602. The first-order valence-corrected chi connectivity index (χ1v) is 7.09. The van der Waals surface area contributed by atoms with Gasteiger partial charge in [-0.1, -0.05) is 41.9 Å². The normalized spacial score (nSPS) is 10.4. The Labute approximate surface area is 132 Å². The van der Waals surface area contributed by atoms with Crippen molar-refractivity contribution >= 4 is 23.5 Å². The van der Waals surface area contributed by atoms with Crippen LogP contribution in [0.4, 0.5) is 5.95 Å². The predicted octanol–water partition coefficient (Wildman–Crippen LogP) is 3.23. The van der Waals surface area contributed by atoms with Crippen LogP contribution in [-0.4, -0.2) is 20.7 Å². The smallest absolute Gasteiger partial charge is 0.258 e. The van der Waals surface area contributed by atoms with E-state index in [1.807, 2.05) is 30.3 Å². The molecule has 22 heavy (non-hydrogen) atoms. The number of benzene rings is 2. The van der Waals surface area contributed by atoms with Crippen LogP contribution in [0.5, 0.6) is 0 Å². The van der Waals surface area contributed by atoms with Gasteiger partial charge in [-0.2, -0.15) is 0 Å². The molecule has 1 amide bonds. The van der Waals surface area contributed by atoms with Gasteiger partial charge >= 0.3 is 0 Å². The highest BCUT2D eigenvalue weighted by Crippen LogP contribution is 2.11. The van der Waals surface area contributed by atoms with Crippen LogP contribution in [0.25, 0.3) is 0 Å². The maximum absolute atomic E-state index is 12.0. The van der Waals surface area contributed by atoms with Crippen LogP contribution in [-0.2, 0) is 6.54 Å². The zero-order valence-corrected chi connectivity index (χ0v) is 12.4. The zero-order valence-electron chi connectivity index (χ0n) is 11.6. The fourth-order valence-electron chi connectivity index (χ4n) is 1.97. The fraction of sp³-hybridized carbons (Fsp3) is 0.0625. The highest BCUT2D eigenvalue weighted by Gasteiger charge is 2.09. The second-order valence-electron chi connectivity index (χ2n) is 4.71. The summed E-state index contributed by atoms with van der Waals surface area (Å²) >= 11 is 5.80. The van der Waals surface area contributed by atoms with E-state index in [4.69, 9.17) is 11.6 Å². The Hall–Kier alpha value is -2.66. The van der Waals surface area contributed by atoms with E-state index in [-0.39, 0.29) is 11.9 Å². The molecular formula is C16H13ClN4O. The molecule has 0 radical (unpaired) electrons. The van der Waals surface area contributed by atoms with Crippen LogP contribution in [0, 0.1) is 0 Å². The van der Waals surface area contributed by atoms with Crippen molar-refractivity contribution in [2.24, 2.45) is 0 Å². The lowest BCUT2D eigenvalue weighted by Gasteiger charge is -2.02. The van der Waals surface area contributed by atoms with Crippen molar-refractivity contribution in [3.8, 4) is 0 Å². The number of nitrogens with one attached hydrogen (secondary N) is 1. The van der Waals surface area contributed by atoms with Gasteiger partial charge in [-0.3, -0.25) is 10.1 Å². The van der Waals surface area contributed by atoms with Crippen LogP contribution in [0.3, 0.4) is 0 Å². The molecule has 0 aliphatic rings. The average molecular weight is 313 g/mol. The first-order valence-electron chi connectivity index (χ1n) is 6.71. The minimum atomic E-state index is -0.269. The van der Waals surface area contributed by atoms with Gasteiger partial charge in [0.15, 0.2) is 0 Å². The summed E-state index contributed by atoms with van der Waals surface area (Å²) < 4.78 is 1.67. The van der Waals surface area contributed by atoms with Crippen molar-refractivity contribution < 1.29 is 4.79 Å². The summed E-state index contributed by atoms with van der Waals surface area (Å²) in [5, 5.41) is 7.48. The van der Waals surface area contributed by atoms with E-state index < -0.39 is 0 Å². The number of halogens is 1. The van der Waals surface area contributed by atoms with Crippen LogP contribution in [0.1, 0.15) is 15.9 Å². The monoisotopic (exact) mass is 312 g/mol. The Morgan fingerprint density at radius 3 is 2.55 bits per heavy atom. The van der Waals surface area contributed by atoms with Gasteiger partial charge in [0.1, 0.15) is 6.33 Å². The van der Waals surface area contributed by atoms with Crippen LogP contribution >= 0.6 is 11.6 Å². The molecule has 0 aliphatic carbocycles. The standard InChI is InChI=1S/C16H13ClN4O/c17-14-8-6-13(7-9-14)15(22)19-16-18-11-21(20-16)10-12-4-2-1-3-5-12/h1-9,11H,10H2,(H,19,20,22). The molecule has 0 unspecified atom stereocenters. The zero-order chi connectivity index (χ0) is 15.4. The van der Waals surface area contributed by atoms with Crippen molar-refractivity contribution in [3.05, 3.63) is 77.1 Å². The molecule has 1 heterocycles. The SMILES string of the molecule is O=C(Nc1ncn(Cc2ccccc2)n1)c1ccc(Cl)cc1. The Kier molecular flexibility index (Phi) is 4.16. The van der Waals surface area contributed by atoms with E-state index in [0.717, 1.165) is 5.56 Å². The molecule has 6 heteroatoms. The summed E-state index contributed by atoms with van der Waals surface area (Å²) in [4.78, 5) is 16.1. The van der Waals surface area contributed by atoms with Crippen molar-refractivity contribution in [2.75, 3.05) is 5.32 Å². The number of rotatable bonds is 4. The van der Waals surface area contributed by atoms with Crippen LogP contribution < -0.4 is 5.32 Å². The maximum atomic E-state index is 12.0. The lowest BCUT2D eigenvalue weighted by Crippen LogP contribution is -2.13. The second-order valence-corrected chi connectivity index (χ2v) is 5.15. The lowest BCUT2D eigenvalue weighted by molar-refractivity contribution is 0.102. The largest absolute Gasteiger partial charge is 0.289 e. The van der Waals surface area contributed by atoms with Gasteiger partial charge < -0.3 is 0 Å². The number of anilines is 1. The molecule has 0 spiro atoms. The van der Waals surface area contributed by atoms with Gasteiger partial charge in [0.05, 0.1) is 6.54 Å². The van der Waals surface area contributed by atoms with Gasteiger partial charge in [-0.25, -0.2) is 9.67 Å². The van der Waals surface area contributed by atoms with Crippen molar-refractivity contribution in [1.29, 1.82) is 0 Å². The van der Waals surface area contributed by atoms with Crippen molar-refractivity contribution in [1.82, 2.24) is 14.8 Å². The average Bonchev–Trinajstić information content (AvgIpc) is 2.96. The van der Waals surface area contributed by atoms with Crippen molar-refractivity contribution in [2.45, 2.75) is 6.54 Å². The molecule has 0 bridgehead atoms. The number of aromatic nitrogens is 3. The molecule has 3 rings (SSSR count). The van der Waals surface area contributed by atoms with Crippen molar-refractivity contribution in [3.63, 3.8) is 0 Å². The summed E-state index contributed by atoms with van der Waals surface area (Å²) in [6.07, 6.45) is 1.59. The van der Waals surface area contributed by atoms with E-state index in [2.05, 4.69) is 15.4 Å². The third-order valence-electron chi connectivity index (χ3n) is 3.06. The summed E-state index contributed by atoms with van der Waals surface area (Å²) in [7, 11) is 0. The number of carbonyl (C=O) groups is 1. The Balaban J connectivity index is 1.66. The highest BCUT2D eigenvalue weighted by atomic mass is 35.5. The first-order chi connectivity index (χ1) is 10.7. The number of amides is 1. The van der Waals surface area contributed by atoms with Crippen LogP contribution in [0.15, 0.2) is 60.9 Å². The first kappa shape index (κ1) is 14.3. The summed E-state index contributed by atoms with van der Waals surface area (Å²) in [5.74, 6) is 0.00464. The quantitative estimate of drug-likeness (QED) is 0.804. The van der Waals surface area contributed by atoms with E-state index >= 15 is 0 Å². The van der Waals surface area contributed by atoms with E-state index in [1.165, 1.54) is 0 Å². The molecule has 0 aliphatic heterocycles. The van der Waals surface area contributed by atoms with Gasteiger partial charge in [0, 0.05) is 10.6 Å². The van der Waals surface area contributed by atoms with Gasteiger partial charge in [-0.05, 0) is 29.8 Å². The predicted molar refractivity (Wildman–Crippen MR) is 85.0 cm³/mol. The second kappa shape index (κ2) is 6.41. The molecule has 0 fully saturated rings. The Morgan fingerprint density at radius 1 is 1.09 bits per heavy atom. The van der Waals surface area contributed by atoms with E-state index in [1.54, 1.807) is 35.3 Å². The van der Waals surface area contributed by atoms with E-state index in [0.29, 0.717) is 17.1 Å². The minimum absolute atomic E-state index is 0.269. The molecule has 0 atom stereocenters. The minimum Gasteiger partial charge on any atom is -0.289 e. The lowest BCUT2D eigenvalue weighted by atomic mass is 10.2.